The molecule has 70 valence electrons. The lowest BCUT2D eigenvalue weighted by Gasteiger charge is -2.06. The number of rotatable bonds is 2. The zero-order valence-corrected chi connectivity index (χ0v) is 7.78. The van der Waals surface area contributed by atoms with Crippen LogP contribution in [0.4, 0.5) is 0 Å². The third kappa shape index (κ3) is 1.25. The summed E-state index contributed by atoms with van der Waals surface area (Å²) in [5, 5.41) is 1.53. The van der Waals surface area contributed by atoms with Gasteiger partial charge in [-0.05, 0) is 16.8 Å². The van der Waals surface area contributed by atoms with Gasteiger partial charge >= 0.3 is 0 Å². The Morgan fingerprint density at radius 3 is 2.93 bits per heavy atom. The smallest absolute Gasteiger partial charge is 0.154 e. The summed E-state index contributed by atoms with van der Waals surface area (Å²) in [7, 11) is 1.51. The van der Waals surface area contributed by atoms with Gasteiger partial charge in [0.15, 0.2) is 6.29 Å². The highest BCUT2D eigenvalue weighted by Crippen LogP contribution is 2.25. The Morgan fingerprint density at radius 1 is 1.36 bits per heavy atom. The highest BCUT2D eigenvalue weighted by molar-refractivity contribution is 6.00. The predicted octanol–water partition coefficient (Wildman–Crippen LogP) is 2.66. The van der Waals surface area contributed by atoms with E-state index in [0.717, 1.165) is 11.7 Å². The number of methoxy groups -OCH3 is 1. The SMILES string of the molecule is [2H]c1cccc2ccc(OC)c(C=O)c12. The molecule has 0 aliphatic heterocycles. The lowest BCUT2D eigenvalue weighted by atomic mass is 10.0. The Morgan fingerprint density at radius 2 is 2.21 bits per heavy atom. The standard InChI is InChI=1S/C12H10O2/c1-14-12-7-6-9-4-2-3-5-10(9)11(12)8-13/h2-8H,1H3/i5D. The van der Waals surface area contributed by atoms with Gasteiger partial charge in [-0.2, -0.15) is 0 Å². The molecule has 0 aliphatic carbocycles. The molecule has 0 N–H and O–H groups in total. The number of hydrogen-bond donors (Lipinski definition) is 0. The Balaban J connectivity index is 2.91. The van der Waals surface area contributed by atoms with Crippen LogP contribution in [0.1, 0.15) is 11.7 Å². The van der Waals surface area contributed by atoms with Gasteiger partial charge in [0.1, 0.15) is 5.75 Å². The van der Waals surface area contributed by atoms with Crippen molar-refractivity contribution in [3.05, 3.63) is 41.9 Å². The van der Waals surface area contributed by atoms with Crippen molar-refractivity contribution in [2.45, 2.75) is 0 Å². The molecule has 0 saturated heterocycles. The van der Waals surface area contributed by atoms with Gasteiger partial charge < -0.3 is 4.74 Å². The molecule has 0 saturated carbocycles. The van der Waals surface area contributed by atoms with Gasteiger partial charge in [0.05, 0.1) is 14.0 Å². The molecule has 14 heavy (non-hydrogen) atoms. The van der Waals surface area contributed by atoms with Crippen LogP contribution in [-0.4, -0.2) is 13.4 Å². The van der Waals surface area contributed by atoms with E-state index in [-0.39, 0.29) is 0 Å². The van der Waals surface area contributed by atoms with Crippen molar-refractivity contribution in [3.63, 3.8) is 0 Å². The molecule has 2 aromatic carbocycles. The molecule has 0 atom stereocenters. The maximum atomic E-state index is 11.0. The Kier molecular flexibility index (Phi) is 1.89. The fourth-order valence-electron chi connectivity index (χ4n) is 1.50. The first-order valence-electron chi connectivity index (χ1n) is 4.79. The molecule has 2 heteroatoms. The molecule has 0 bridgehead atoms. The monoisotopic (exact) mass is 187 g/mol. The highest BCUT2D eigenvalue weighted by atomic mass is 16.5. The van der Waals surface area contributed by atoms with Crippen LogP contribution in [0.2, 0.25) is 0 Å². The molecule has 0 unspecified atom stereocenters. The van der Waals surface area contributed by atoms with Gasteiger partial charge in [0.2, 0.25) is 0 Å². The number of hydrogen-bond acceptors (Lipinski definition) is 2. The van der Waals surface area contributed by atoms with Crippen molar-refractivity contribution < 1.29 is 10.9 Å². The zero-order chi connectivity index (χ0) is 10.8. The van der Waals surface area contributed by atoms with Crippen molar-refractivity contribution in [2.75, 3.05) is 7.11 Å². The predicted molar refractivity (Wildman–Crippen MR) is 55.9 cm³/mol. The van der Waals surface area contributed by atoms with Crippen LogP contribution in [0.5, 0.6) is 5.75 Å². The van der Waals surface area contributed by atoms with E-state index >= 15 is 0 Å². The Bertz CT molecular complexity index is 520. The molecule has 2 nitrogen and oxygen atoms in total. The fourth-order valence-corrected chi connectivity index (χ4v) is 1.50. The third-order valence-corrected chi connectivity index (χ3v) is 2.18. The van der Waals surface area contributed by atoms with E-state index in [2.05, 4.69) is 0 Å². The van der Waals surface area contributed by atoms with Crippen LogP contribution < -0.4 is 4.74 Å². The largest absolute Gasteiger partial charge is 0.496 e. The number of carbonyl (C=O) groups is 1. The van der Waals surface area contributed by atoms with Gasteiger partial charge in [-0.25, -0.2) is 0 Å². The molecule has 0 heterocycles. The minimum atomic E-state index is 0.341. The van der Waals surface area contributed by atoms with Crippen LogP contribution in [0.25, 0.3) is 10.8 Å². The average Bonchev–Trinajstić information content (AvgIpc) is 2.28. The van der Waals surface area contributed by atoms with Crippen molar-refractivity contribution >= 4 is 17.1 Å². The van der Waals surface area contributed by atoms with Crippen molar-refractivity contribution in [1.29, 1.82) is 0 Å². The van der Waals surface area contributed by atoms with E-state index in [1.165, 1.54) is 7.11 Å². The third-order valence-electron chi connectivity index (χ3n) is 2.18. The van der Waals surface area contributed by atoms with E-state index in [0.29, 0.717) is 22.7 Å². The van der Waals surface area contributed by atoms with Crippen molar-refractivity contribution in [2.24, 2.45) is 0 Å². The average molecular weight is 187 g/mol. The minimum Gasteiger partial charge on any atom is -0.496 e. The minimum absolute atomic E-state index is 0.341. The molecule has 0 aliphatic rings. The Hall–Kier alpha value is -1.83. The van der Waals surface area contributed by atoms with Crippen molar-refractivity contribution in [3.8, 4) is 5.75 Å². The zero-order valence-electron chi connectivity index (χ0n) is 8.78. The fraction of sp³-hybridized carbons (Fsp3) is 0.0833. The number of carbonyl (C=O) groups excluding carboxylic acids is 1. The molecule has 0 radical (unpaired) electrons. The molecule has 2 aromatic rings. The maximum Gasteiger partial charge on any atom is 0.154 e. The van der Waals surface area contributed by atoms with E-state index in [1.54, 1.807) is 18.2 Å². The number of aldehydes is 1. The van der Waals surface area contributed by atoms with Gasteiger partial charge in [-0.1, -0.05) is 30.3 Å². The second kappa shape index (κ2) is 3.50. The van der Waals surface area contributed by atoms with E-state index in [4.69, 9.17) is 6.11 Å². The van der Waals surface area contributed by atoms with Crippen molar-refractivity contribution in [1.82, 2.24) is 0 Å². The summed E-state index contributed by atoms with van der Waals surface area (Å²) >= 11 is 0. The first-order valence-corrected chi connectivity index (χ1v) is 4.29. The lowest BCUT2D eigenvalue weighted by molar-refractivity contribution is 0.112. The summed E-state index contributed by atoms with van der Waals surface area (Å²) in [5.74, 6) is 0.511. The van der Waals surface area contributed by atoms with E-state index in [1.807, 2.05) is 12.1 Å². The van der Waals surface area contributed by atoms with E-state index < -0.39 is 0 Å². The van der Waals surface area contributed by atoms with E-state index in [9.17, 15) is 4.79 Å². The maximum absolute atomic E-state index is 11.0. The lowest BCUT2D eigenvalue weighted by Crippen LogP contribution is -1.91. The summed E-state index contributed by atoms with van der Waals surface area (Å²) < 4.78 is 12.8. The highest BCUT2D eigenvalue weighted by Gasteiger charge is 2.05. The van der Waals surface area contributed by atoms with Gasteiger partial charge in [-0.3, -0.25) is 4.79 Å². The van der Waals surface area contributed by atoms with Gasteiger partial charge in [0, 0.05) is 0 Å². The Labute approximate surface area is 83.5 Å². The van der Waals surface area contributed by atoms with Crippen LogP contribution >= 0.6 is 0 Å². The van der Waals surface area contributed by atoms with Gasteiger partial charge in [0.25, 0.3) is 0 Å². The summed E-state index contributed by atoms with van der Waals surface area (Å²) in [6, 6.07) is 9.26. The normalized spacial score (nSPS) is 11.1. The molecule has 2 rings (SSSR count). The second-order valence-corrected chi connectivity index (χ2v) is 2.93. The quantitative estimate of drug-likeness (QED) is 0.675. The van der Waals surface area contributed by atoms with Crippen LogP contribution in [0.3, 0.4) is 0 Å². The number of benzene rings is 2. The summed E-state index contributed by atoms with van der Waals surface area (Å²) in [6.45, 7) is 0. The van der Waals surface area contributed by atoms with Crippen LogP contribution in [0, 0.1) is 0 Å². The number of fused-ring (bicyclic) bond motifs is 1. The summed E-state index contributed by atoms with van der Waals surface area (Å²) in [6.07, 6.45) is 0.735. The van der Waals surface area contributed by atoms with Crippen LogP contribution in [0.15, 0.2) is 36.4 Å². The summed E-state index contributed by atoms with van der Waals surface area (Å²) in [5.41, 5.74) is 0.445. The number of ether oxygens (including phenoxy) is 1. The molecule has 0 fully saturated rings. The molecular formula is C12H10O2. The molecule has 0 amide bonds. The first-order chi connectivity index (χ1) is 7.27. The molecule has 0 aromatic heterocycles. The van der Waals surface area contributed by atoms with Crippen LogP contribution in [-0.2, 0) is 0 Å². The second-order valence-electron chi connectivity index (χ2n) is 2.93. The first kappa shape index (κ1) is 7.56. The molecule has 0 spiro atoms. The van der Waals surface area contributed by atoms with Gasteiger partial charge in [-0.15, -0.1) is 0 Å². The topological polar surface area (TPSA) is 26.3 Å². The summed E-state index contributed by atoms with van der Waals surface area (Å²) in [4.78, 5) is 11.0. The molecular weight excluding hydrogens is 176 g/mol.